The molecule has 2 N–H and O–H groups in total. The first-order chi connectivity index (χ1) is 8.58. The van der Waals surface area contributed by atoms with Crippen molar-refractivity contribution in [1.29, 1.82) is 0 Å². The molecule has 0 saturated heterocycles. The van der Waals surface area contributed by atoms with E-state index in [2.05, 4.69) is 18.8 Å². The van der Waals surface area contributed by atoms with Gasteiger partial charge < -0.3 is 5.73 Å². The summed E-state index contributed by atoms with van der Waals surface area (Å²) in [5, 5.41) is 1.06. The first-order valence-corrected chi connectivity index (χ1v) is 7.15. The van der Waals surface area contributed by atoms with Crippen LogP contribution in [0.2, 0.25) is 0 Å². The van der Waals surface area contributed by atoms with Gasteiger partial charge in [-0.15, -0.1) is 11.3 Å². The van der Waals surface area contributed by atoms with Crippen molar-refractivity contribution in [2.24, 2.45) is 17.6 Å². The van der Waals surface area contributed by atoms with Gasteiger partial charge in [0.2, 0.25) is 0 Å². The van der Waals surface area contributed by atoms with E-state index in [0.29, 0.717) is 18.4 Å². The van der Waals surface area contributed by atoms with E-state index in [4.69, 9.17) is 5.73 Å². The monoisotopic (exact) mass is 266 g/mol. The third kappa shape index (κ3) is 3.27. The summed E-state index contributed by atoms with van der Waals surface area (Å²) in [6.07, 6.45) is 2.01. The number of nitrogens with zero attached hydrogens (tertiary/aromatic N) is 1. The molecule has 2 nitrogen and oxygen atoms in total. The van der Waals surface area contributed by atoms with Crippen molar-refractivity contribution in [2.75, 3.05) is 6.54 Å². The molecule has 0 fully saturated rings. The van der Waals surface area contributed by atoms with E-state index in [1.807, 2.05) is 0 Å². The second-order valence-electron chi connectivity index (χ2n) is 5.16. The van der Waals surface area contributed by atoms with Crippen LogP contribution in [-0.4, -0.2) is 11.5 Å². The van der Waals surface area contributed by atoms with Crippen molar-refractivity contribution in [2.45, 2.75) is 26.7 Å². The minimum Gasteiger partial charge on any atom is -0.330 e. The van der Waals surface area contributed by atoms with E-state index < -0.39 is 0 Å². The quantitative estimate of drug-likeness (QED) is 0.898. The van der Waals surface area contributed by atoms with Crippen LogP contribution in [0.3, 0.4) is 0 Å². The van der Waals surface area contributed by atoms with E-state index in [1.54, 1.807) is 23.5 Å². The highest BCUT2D eigenvalue weighted by atomic mass is 32.1. The molecule has 0 aliphatic rings. The van der Waals surface area contributed by atoms with Gasteiger partial charge in [0.25, 0.3) is 0 Å². The summed E-state index contributed by atoms with van der Waals surface area (Å²) in [5.74, 6) is 0.913. The van der Waals surface area contributed by atoms with Gasteiger partial charge in [0, 0.05) is 6.42 Å². The lowest BCUT2D eigenvalue weighted by Crippen LogP contribution is -2.18. The second kappa shape index (κ2) is 5.76. The lowest BCUT2D eigenvalue weighted by atomic mass is 9.94. The molecule has 1 aromatic heterocycles. The maximum absolute atomic E-state index is 13.1. The van der Waals surface area contributed by atoms with Gasteiger partial charge in [0.15, 0.2) is 0 Å². The summed E-state index contributed by atoms with van der Waals surface area (Å²) in [6.45, 7) is 5.09. The average Bonchev–Trinajstić information content (AvgIpc) is 2.68. The molecule has 0 spiro atoms. The fraction of sp³-hybridized carbons (Fsp3) is 0.500. The molecule has 0 bridgehead atoms. The van der Waals surface area contributed by atoms with Crippen molar-refractivity contribution in [3.63, 3.8) is 0 Å². The first kappa shape index (κ1) is 13.4. The van der Waals surface area contributed by atoms with Crippen LogP contribution in [0.4, 0.5) is 4.39 Å². The molecule has 1 aromatic carbocycles. The van der Waals surface area contributed by atoms with E-state index >= 15 is 0 Å². The molecule has 2 rings (SSSR count). The largest absolute Gasteiger partial charge is 0.330 e. The Bertz CT molecular complexity index is 521. The fourth-order valence-electron chi connectivity index (χ4n) is 2.21. The number of hydrogen-bond donors (Lipinski definition) is 1. The number of benzene rings is 1. The van der Waals surface area contributed by atoms with E-state index in [-0.39, 0.29) is 5.82 Å². The summed E-state index contributed by atoms with van der Waals surface area (Å²) in [4.78, 5) is 4.55. The van der Waals surface area contributed by atoms with Crippen LogP contribution in [0.25, 0.3) is 10.2 Å². The van der Waals surface area contributed by atoms with Gasteiger partial charge in [-0.1, -0.05) is 13.8 Å². The molecular weight excluding hydrogens is 247 g/mol. The van der Waals surface area contributed by atoms with Gasteiger partial charge in [0.05, 0.1) is 15.2 Å². The Morgan fingerprint density at radius 1 is 1.39 bits per heavy atom. The predicted molar refractivity (Wildman–Crippen MR) is 75.3 cm³/mol. The van der Waals surface area contributed by atoms with Crippen LogP contribution < -0.4 is 5.73 Å². The molecule has 0 amide bonds. The SMILES string of the molecule is CC(C)CC(CN)Cc1nc2ccc(F)cc2s1. The van der Waals surface area contributed by atoms with E-state index in [1.165, 1.54) is 6.07 Å². The molecule has 98 valence electrons. The maximum atomic E-state index is 13.1. The summed E-state index contributed by atoms with van der Waals surface area (Å²) in [7, 11) is 0. The van der Waals surface area contributed by atoms with Crippen molar-refractivity contribution in [3.05, 3.63) is 29.0 Å². The van der Waals surface area contributed by atoms with Crippen LogP contribution >= 0.6 is 11.3 Å². The van der Waals surface area contributed by atoms with Crippen molar-refractivity contribution in [3.8, 4) is 0 Å². The van der Waals surface area contributed by atoms with Gasteiger partial charge in [0.1, 0.15) is 5.82 Å². The van der Waals surface area contributed by atoms with Crippen LogP contribution in [-0.2, 0) is 6.42 Å². The molecule has 0 radical (unpaired) electrons. The van der Waals surface area contributed by atoms with Crippen LogP contribution in [0.1, 0.15) is 25.3 Å². The topological polar surface area (TPSA) is 38.9 Å². The maximum Gasteiger partial charge on any atom is 0.124 e. The molecule has 18 heavy (non-hydrogen) atoms. The van der Waals surface area contributed by atoms with Crippen molar-refractivity contribution in [1.82, 2.24) is 4.98 Å². The summed E-state index contributed by atoms with van der Waals surface area (Å²) in [5.41, 5.74) is 6.69. The number of thiazole rings is 1. The van der Waals surface area contributed by atoms with E-state index in [0.717, 1.165) is 28.1 Å². The number of rotatable bonds is 5. The Hall–Kier alpha value is -1.000. The van der Waals surface area contributed by atoms with Gasteiger partial charge in [-0.3, -0.25) is 0 Å². The second-order valence-corrected chi connectivity index (χ2v) is 6.27. The van der Waals surface area contributed by atoms with Gasteiger partial charge in [-0.2, -0.15) is 0 Å². The number of hydrogen-bond acceptors (Lipinski definition) is 3. The number of nitrogens with two attached hydrogens (primary N) is 1. The molecule has 0 aliphatic heterocycles. The molecule has 0 aliphatic carbocycles. The Morgan fingerprint density at radius 2 is 2.17 bits per heavy atom. The molecule has 2 aromatic rings. The van der Waals surface area contributed by atoms with Crippen LogP contribution in [0.5, 0.6) is 0 Å². The minimum atomic E-state index is -0.199. The predicted octanol–water partition coefficient (Wildman–Crippen LogP) is 3.60. The zero-order chi connectivity index (χ0) is 13.1. The Kier molecular flexibility index (Phi) is 4.30. The highest BCUT2D eigenvalue weighted by Crippen LogP contribution is 2.26. The highest BCUT2D eigenvalue weighted by Gasteiger charge is 2.13. The lowest BCUT2D eigenvalue weighted by molar-refractivity contribution is 0.415. The van der Waals surface area contributed by atoms with Gasteiger partial charge >= 0.3 is 0 Å². The van der Waals surface area contributed by atoms with Crippen molar-refractivity contribution >= 4 is 21.6 Å². The fourth-order valence-corrected chi connectivity index (χ4v) is 3.32. The Labute approximate surface area is 111 Å². The Morgan fingerprint density at radius 3 is 2.83 bits per heavy atom. The third-order valence-corrected chi connectivity index (χ3v) is 4.04. The summed E-state index contributed by atoms with van der Waals surface area (Å²) < 4.78 is 14.0. The first-order valence-electron chi connectivity index (χ1n) is 6.33. The summed E-state index contributed by atoms with van der Waals surface area (Å²) in [6, 6.07) is 4.75. The molecule has 1 heterocycles. The van der Waals surface area contributed by atoms with Crippen molar-refractivity contribution < 1.29 is 4.39 Å². The zero-order valence-electron chi connectivity index (χ0n) is 10.8. The molecule has 1 atom stereocenters. The molecule has 4 heteroatoms. The highest BCUT2D eigenvalue weighted by molar-refractivity contribution is 7.18. The molecule has 0 saturated carbocycles. The Balaban J connectivity index is 2.15. The van der Waals surface area contributed by atoms with Gasteiger partial charge in [-0.25, -0.2) is 9.37 Å². The standard InChI is InChI=1S/C14H19FN2S/c1-9(2)5-10(8-16)6-14-17-12-4-3-11(15)7-13(12)18-14/h3-4,7,9-10H,5-6,8,16H2,1-2H3. The summed E-state index contributed by atoms with van der Waals surface area (Å²) >= 11 is 1.58. The average molecular weight is 266 g/mol. The number of halogens is 1. The molecule has 1 unspecified atom stereocenters. The van der Waals surface area contributed by atoms with E-state index in [9.17, 15) is 4.39 Å². The minimum absolute atomic E-state index is 0.199. The third-order valence-electron chi connectivity index (χ3n) is 3.00. The van der Waals surface area contributed by atoms with Crippen LogP contribution in [0.15, 0.2) is 18.2 Å². The van der Waals surface area contributed by atoms with Crippen LogP contribution in [0, 0.1) is 17.7 Å². The normalized spacial score (nSPS) is 13.4. The zero-order valence-corrected chi connectivity index (χ0v) is 11.6. The van der Waals surface area contributed by atoms with Gasteiger partial charge in [-0.05, 0) is 43.0 Å². The smallest absolute Gasteiger partial charge is 0.124 e. The number of aromatic nitrogens is 1. The molecular formula is C14H19FN2S. The number of fused-ring (bicyclic) bond motifs is 1. The lowest BCUT2D eigenvalue weighted by Gasteiger charge is -2.15.